The Hall–Kier alpha value is -1.57. The van der Waals surface area contributed by atoms with Crippen molar-refractivity contribution in [3.8, 4) is 0 Å². The van der Waals surface area contributed by atoms with Gasteiger partial charge >= 0.3 is 0 Å². The van der Waals surface area contributed by atoms with Crippen LogP contribution < -0.4 is 10.5 Å². The first-order valence-corrected chi connectivity index (χ1v) is 7.86. The summed E-state index contributed by atoms with van der Waals surface area (Å²) >= 11 is 5.96. The Labute approximate surface area is 122 Å². The lowest BCUT2D eigenvalue weighted by Gasteiger charge is -2.09. The molecule has 3 N–H and O–H groups in total. The molecular weight excluding hydrogens is 300 g/mol. The van der Waals surface area contributed by atoms with Crippen molar-refractivity contribution in [2.75, 3.05) is 4.72 Å². The van der Waals surface area contributed by atoms with Gasteiger partial charge in [0.15, 0.2) is 0 Å². The van der Waals surface area contributed by atoms with Gasteiger partial charge < -0.3 is 5.73 Å². The predicted molar refractivity (Wildman–Crippen MR) is 78.1 cm³/mol. The summed E-state index contributed by atoms with van der Waals surface area (Å²) < 4.78 is 28.7. The summed E-state index contributed by atoms with van der Waals surface area (Å²) in [6, 6.07) is 4.68. The summed E-state index contributed by atoms with van der Waals surface area (Å²) in [5.41, 5.74) is 6.60. The zero-order valence-electron chi connectivity index (χ0n) is 10.9. The van der Waals surface area contributed by atoms with E-state index in [9.17, 15) is 8.42 Å². The molecular formula is C12H15ClN4O2S. The molecule has 1 aromatic heterocycles. The molecule has 1 heterocycles. The number of anilines is 1. The van der Waals surface area contributed by atoms with E-state index in [1.54, 1.807) is 16.9 Å². The van der Waals surface area contributed by atoms with Crippen LogP contribution in [-0.4, -0.2) is 18.2 Å². The van der Waals surface area contributed by atoms with Gasteiger partial charge in [0.2, 0.25) is 0 Å². The second-order valence-electron chi connectivity index (χ2n) is 4.16. The van der Waals surface area contributed by atoms with E-state index in [0.717, 1.165) is 0 Å². The van der Waals surface area contributed by atoms with Crippen molar-refractivity contribution in [1.82, 2.24) is 9.78 Å². The maximum Gasteiger partial charge on any atom is 0.263 e. The monoisotopic (exact) mass is 314 g/mol. The van der Waals surface area contributed by atoms with Crippen LogP contribution in [0.1, 0.15) is 12.5 Å². The highest BCUT2D eigenvalue weighted by atomic mass is 35.5. The van der Waals surface area contributed by atoms with Crippen LogP contribution in [-0.2, 0) is 23.1 Å². The maximum atomic E-state index is 12.3. The van der Waals surface area contributed by atoms with E-state index < -0.39 is 10.0 Å². The van der Waals surface area contributed by atoms with Crippen LogP contribution in [0.3, 0.4) is 0 Å². The molecule has 0 unspecified atom stereocenters. The predicted octanol–water partition coefficient (Wildman–Crippen LogP) is 1.82. The summed E-state index contributed by atoms with van der Waals surface area (Å²) in [6.45, 7) is 2.81. The third-order valence-corrected chi connectivity index (χ3v) is 4.59. The van der Waals surface area contributed by atoms with Gasteiger partial charge in [-0.1, -0.05) is 17.7 Å². The number of nitrogens with two attached hydrogens (primary N) is 1. The van der Waals surface area contributed by atoms with Gasteiger partial charge in [-0.2, -0.15) is 5.10 Å². The largest absolute Gasteiger partial charge is 0.326 e. The number of benzene rings is 1. The molecule has 6 nitrogen and oxygen atoms in total. The first kappa shape index (κ1) is 14.8. The second kappa shape index (κ2) is 5.82. The van der Waals surface area contributed by atoms with Crippen molar-refractivity contribution in [2.45, 2.75) is 24.9 Å². The van der Waals surface area contributed by atoms with Crippen molar-refractivity contribution in [3.05, 3.63) is 41.2 Å². The Morgan fingerprint density at radius 3 is 2.80 bits per heavy atom. The highest BCUT2D eigenvalue weighted by Crippen LogP contribution is 2.24. The average molecular weight is 315 g/mol. The molecule has 0 atom stereocenters. The van der Waals surface area contributed by atoms with Crippen LogP contribution in [0.5, 0.6) is 0 Å². The van der Waals surface area contributed by atoms with E-state index in [2.05, 4.69) is 9.82 Å². The third-order valence-electron chi connectivity index (χ3n) is 2.73. The zero-order valence-corrected chi connectivity index (χ0v) is 12.4. The molecule has 20 heavy (non-hydrogen) atoms. The Bertz CT molecular complexity index is 712. The molecule has 2 aromatic rings. The van der Waals surface area contributed by atoms with Crippen molar-refractivity contribution in [3.63, 3.8) is 0 Å². The Morgan fingerprint density at radius 2 is 2.20 bits per heavy atom. The van der Waals surface area contributed by atoms with E-state index in [0.29, 0.717) is 17.8 Å². The number of nitrogens with one attached hydrogen (secondary N) is 1. The summed E-state index contributed by atoms with van der Waals surface area (Å²) in [4.78, 5) is 0.00589. The maximum absolute atomic E-state index is 12.3. The van der Waals surface area contributed by atoms with E-state index in [1.165, 1.54) is 18.3 Å². The van der Waals surface area contributed by atoms with Gasteiger partial charge in [0.25, 0.3) is 10.0 Å². The minimum Gasteiger partial charge on any atom is -0.326 e. The Balaban J connectivity index is 2.34. The summed E-state index contributed by atoms with van der Waals surface area (Å²) in [7, 11) is -3.76. The number of rotatable bonds is 5. The normalized spacial score (nSPS) is 11.6. The van der Waals surface area contributed by atoms with Crippen LogP contribution in [0, 0.1) is 0 Å². The van der Waals surface area contributed by atoms with Crippen LogP contribution >= 0.6 is 11.6 Å². The number of halogens is 1. The molecule has 0 amide bonds. The molecule has 0 saturated heterocycles. The summed E-state index contributed by atoms with van der Waals surface area (Å²) in [5, 5.41) is 4.16. The molecule has 0 aliphatic rings. The molecule has 0 bridgehead atoms. The van der Waals surface area contributed by atoms with Gasteiger partial charge in [-0.05, 0) is 24.6 Å². The van der Waals surface area contributed by atoms with Crippen LogP contribution in [0.2, 0.25) is 5.02 Å². The average Bonchev–Trinajstić information content (AvgIpc) is 2.86. The van der Waals surface area contributed by atoms with E-state index in [-0.39, 0.29) is 16.5 Å². The topological polar surface area (TPSA) is 90.0 Å². The number of hydrogen-bond donors (Lipinski definition) is 2. The third kappa shape index (κ3) is 3.12. The number of sulfonamides is 1. The number of hydrogen-bond acceptors (Lipinski definition) is 4. The van der Waals surface area contributed by atoms with Crippen LogP contribution in [0.15, 0.2) is 35.5 Å². The SMILES string of the molecule is CCn1cc(NS(=O)(=O)c2cc(CN)ccc2Cl)cn1. The van der Waals surface area contributed by atoms with E-state index >= 15 is 0 Å². The fraction of sp³-hybridized carbons (Fsp3) is 0.250. The molecule has 0 aliphatic heterocycles. The Morgan fingerprint density at radius 1 is 1.45 bits per heavy atom. The van der Waals surface area contributed by atoms with E-state index in [4.69, 9.17) is 17.3 Å². The highest BCUT2D eigenvalue weighted by molar-refractivity contribution is 7.92. The number of aromatic nitrogens is 2. The van der Waals surface area contributed by atoms with E-state index in [1.807, 2.05) is 6.92 Å². The van der Waals surface area contributed by atoms with Gasteiger partial charge in [-0.15, -0.1) is 0 Å². The number of nitrogens with zero attached hydrogens (tertiary/aromatic N) is 2. The fourth-order valence-corrected chi connectivity index (χ4v) is 3.26. The lowest BCUT2D eigenvalue weighted by atomic mass is 10.2. The first-order valence-electron chi connectivity index (χ1n) is 6.00. The quantitative estimate of drug-likeness (QED) is 0.880. The molecule has 1 aromatic carbocycles. The van der Waals surface area contributed by atoms with Gasteiger partial charge in [0.1, 0.15) is 4.90 Å². The number of aryl methyl sites for hydroxylation is 1. The smallest absolute Gasteiger partial charge is 0.263 e. The van der Waals surface area contributed by atoms with Gasteiger partial charge in [0.05, 0.1) is 16.9 Å². The second-order valence-corrected chi connectivity index (χ2v) is 6.22. The fourth-order valence-electron chi connectivity index (χ4n) is 1.68. The molecule has 0 fully saturated rings. The van der Waals surface area contributed by atoms with Crippen molar-refractivity contribution >= 4 is 27.3 Å². The minimum absolute atomic E-state index is 0.00589. The standard InChI is InChI=1S/C12H15ClN4O2S/c1-2-17-8-10(7-15-17)16-20(18,19)12-5-9(6-14)3-4-11(12)13/h3-5,7-8,16H,2,6,14H2,1H3. The van der Waals surface area contributed by atoms with Crippen molar-refractivity contribution in [1.29, 1.82) is 0 Å². The summed E-state index contributed by atoms with van der Waals surface area (Å²) in [6.07, 6.45) is 3.06. The molecule has 108 valence electrons. The molecule has 0 aliphatic carbocycles. The molecule has 0 radical (unpaired) electrons. The zero-order chi connectivity index (χ0) is 14.8. The van der Waals surface area contributed by atoms with Crippen molar-refractivity contribution < 1.29 is 8.42 Å². The van der Waals surface area contributed by atoms with Crippen LogP contribution in [0.4, 0.5) is 5.69 Å². The first-order chi connectivity index (χ1) is 9.46. The summed E-state index contributed by atoms with van der Waals surface area (Å²) in [5.74, 6) is 0. The van der Waals surface area contributed by atoms with Crippen LogP contribution in [0.25, 0.3) is 0 Å². The van der Waals surface area contributed by atoms with Crippen molar-refractivity contribution in [2.24, 2.45) is 5.73 Å². The molecule has 8 heteroatoms. The molecule has 0 spiro atoms. The van der Waals surface area contributed by atoms with Gasteiger partial charge in [-0.25, -0.2) is 8.42 Å². The minimum atomic E-state index is -3.76. The lowest BCUT2D eigenvalue weighted by Crippen LogP contribution is -2.14. The highest BCUT2D eigenvalue weighted by Gasteiger charge is 2.19. The van der Waals surface area contributed by atoms with Gasteiger partial charge in [0, 0.05) is 19.3 Å². The molecule has 0 saturated carbocycles. The Kier molecular flexibility index (Phi) is 4.32. The van der Waals surface area contributed by atoms with Gasteiger partial charge in [-0.3, -0.25) is 9.40 Å². The molecule has 2 rings (SSSR count). The lowest BCUT2D eigenvalue weighted by molar-refractivity contribution is 0.601.